The summed E-state index contributed by atoms with van der Waals surface area (Å²) in [6, 6.07) is 10.1. The van der Waals surface area contributed by atoms with Crippen LogP contribution in [0.1, 0.15) is 10.4 Å². The van der Waals surface area contributed by atoms with Gasteiger partial charge in [-0.15, -0.1) is 5.11 Å². The van der Waals surface area contributed by atoms with Crippen LogP contribution >= 0.6 is 0 Å². The number of aliphatic hydroxyl groups is 2. The van der Waals surface area contributed by atoms with E-state index in [0.717, 1.165) is 17.8 Å². The molecule has 0 spiro atoms. The maximum absolute atomic E-state index is 11.3. The summed E-state index contributed by atoms with van der Waals surface area (Å²) in [7, 11) is 0. The Kier molecular flexibility index (Phi) is 6.92. The van der Waals surface area contributed by atoms with Gasteiger partial charge in [-0.3, -0.25) is 10.1 Å². The lowest BCUT2D eigenvalue weighted by Crippen LogP contribution is -2.29. The lowest BCUT2D eigenvalue weighted by molar-refractivity contribution is -0.384. The Labute approximate surface area is 154 Å². The zero-order valence-electron chi connectivity index (χ0n) is 14.2. The van der Waals surface area contributed by atoms with Gasteiger partial charge in [0.2, 0.25) is 0 Å². The Hall–Kier alpha value is -3.37. The van der Waals surface area contributed by atoms with Crippen LogP contribution in [0.2, 0.25) is 0 Å². The average molecular weight is 374 g/mol. The molecule has 0 aliphatic carbocycles. The van der Waals surface area contributed by atoms with Crippen molar-refractivity contribution in [3.05, 3.63) is 58.1 Å². The standard InChI is InChI=1S/C17H18N4O6/c22-9-7-20(8-10-23)13-3-1-12(2-4-13)18-19-16-6-5-14(21(26)27)11-15(16)17(24)25/h1-6,11,22-23H,7-10H2,(H,24,25). The lowest BCUT2D eigenvalue weighted by atomic mass is 10.1. The second-order valence-electron chi connectivity index (χ2n) is 5.41. The fraction of sp³-hybridized carbons (Fsp3) is 0.235. The Morgan fingerprint density at radius 3 is 2.19 bits per heavy atom. The fourth-order valence-electron chi connectivity index (χ4n) is 2.35. The van der Waals surface area contributed by atoms with Gasteiger partial charge < -0.3 is 20.2 Å². The molecule has 0 amide bonds. The number of carboxylic acids is 1. The minimum absolute atomic E-state index is 0.000589. The first-order valence-corrected chi connectivity index (χ1v) is 7.96. The predicted molar refractivity (Wildman–Crippen MR) is 97.1 cm³/mol. The zero-order chi connectivity index (χ0) is 19.8. The highest BCUT2D eigenvalue weighted by molar-refractivity contribution is 5.94. The van der Waals surface area contributed by atoms with E-state index in [1.165, 1.54) is 6.07 Å². The maximum atomic E-state index is 11.3. The number of nitrogens with zero attached hydrogens (tertiary/aromatic N) is 4. The molecule has 0 bridgehead atoms. The third-order valence-corrected chi connectivity index (χ3v) is 3.65. The number of aromatic carboxylic acids is 1. The van der Waals surface area contributed by atoms with Gasteiger partial charge in [-0.25, -0.2) is 4.79 Å². The number of nitro groups is 1. The predicted octanol–water partition coefficient (Wildman–Crippen LogP) is 2.50. The average Bonchev–Trinajstić information content (AvgIpc) is 2.66. The van der Waals surface area contributed by atoms with Gasteiger partial charge in [0.1, 0.15) is 5.69 Å². The van der Waals surface area contributed by atoms with Crippen LogP contribution in [-0.2, 0) is 0 Å². The molecule has 0 aliphatic heterocycles. The summed E-state index contributed by atoms with van der Waals surface area (Å²) in [6.07, 6.45) is 0. The van der Waals surface area contributed by atoms with Crippen molar-refractivity contribution in [3.8, 4) is 0 Å². The molecule has 2 aromatic rings. The van der Waals surface area contributed by atoms with Crippen molar-refractivity contribution in [3.63, 3.8) is 0 Å². The van der Waals surface area contributed by atoms with Crippen LogP contribution < -0.4 is 4.90 Å². The van der Waals surface area contributed by atoms with E-state index in [1.54, 1.807) is 29.2 Å². The van der Waals surface area contributed by atoms with Crippen LogP contribution in [0, 0.1) is 10.1 Å². The number of carboxylic acid groups (broad SMARTS) is 1. The number of aliphatic hydroxyl groups excluding tert-OH is 2. The van der Waals surface area contributed by atoms with Gasteiger partial charge in [0.05, 0.1) is 29.4 Å². The Morgan fingerprint density at radius 2 is 1.67 bits per heavy atom. The summed E-state index contributed by atoms with van der Waals surface area (Å²) in [5, 5.41) is 45.9. The highest BCUT2D eigenvalue weighted by Crippen LogP contribution is 2.27. The number of hydrogen-bond donors (Lipinski definition) is 3. The van der Waals surface area contributed by atoms with Crippen LogP contribution in [0.3, 0.4) is 0 Å². The molecule has 2 aromatic carbocycles. The highest BCUT2D eigenvalue weighted by Gasteiger charge is 2.16. The Morgan fingerprint density at radius 1 is 1.04 bits per heavy atom. The molecule has 2 rings (SSSR count). The fourth-order valence-corrected chi connectivity index (χ4v) is 2.35. The second-order valence-corrected chi connectivity index (χ2v) is 5.41. The summed E-state index contributed by atoms with van der Waals surface area (Å²) >= 11 is 0. The van der Waals surface area contributed by atoms with Gasteiger partial charge in [0.15, 0.2) is 0 Å². The second kappa shape index (κ2) is 9.36. The number of rotatable bonds is 9. The molecule has 10 nitrogen and oxygen atoms in total. The van der Waals surface area contributed by atoms with Gasteiger partial charge in [-0.1, -0.05) is 0 Å². The quantitative estimate of drug-likeness (QED) is 0.347. The van der Waals surface area contributed by atoms with Crippen molar-refractivity contribution in [2.75, 3.05) is 31.2 Å². The van der Waals surface area contributed by atoms with E-state index < -0.39 is 10.9 Å². The number of benzene rings is 2. The molecule has 3 N–H and O–H groups in total. The van der Waals surface area contributed by atoms with Crippen molar-refractivity contribution in [2.45, 2.75) is 0 Å². The number of anilines is 1. The van der Waals surface area contributed by atoms with Crippen molar-refractivity contribution >= 4 is 28.7 Å². The summed E-state index contributed by atoms with van der Waals surface area (Å²) in [5.74, 6) is -1.34. The topological polar surface area (TPSA) is 149 Å². The number of nitro benzene ring substituents is 1. The molecular formula is C17H18N4O6. The third-order valence-electron chi connectivity index (χ3n) is 3.65. The minimum atomic E-state index is -1.34. The SMILES string of the molecule is O=C(O)c1cc([N+](=O)[O-])ccc1N=Nc1ccc(N(CCO)CCO)cc1. The van der Waals surface area contributed by atoms with E-state index in [9.17, 15) is 20.0 Å². The summed E-state index contributed by atoms with van der Waals surface area (Å²) in [4.78, 5) is 23.2. The van der Waals surface area contributed by atoms with E-state index in [4.69, 9.17) is 10.2 Å². The number of hydrogen-bond acceptors (Lipinski definition) is 8. The van der Waals surface area contributed by atoms with Crippen LogP contribution in [0.4, 0.5) is 22.7 Å². The van der Waals surface area contributed by atoms with Gasteiger partial charge >= 0.3 is 5.97 Å². The van der Waals surface area contributed by atoms with E-state index in [0.29, 0.717) is 18.8 Å². The molecule has 0 atom stereocenters. The smallest absolute Gasteiger partial charge is 0.338 e. The molecule has 27 heavy (non-hydrogen) atoms. The summed E-state index contributed by atoms with van der Waals surface area (Å²) in [6.45, 7) is 0.623. The van der Waals surface area contributed by atoms with Crippen molar-refractivity contribution < 1.29 is 25.0 Å². The van der Waals surface area contributed by atoms with Crippen molar-refractivity contribution in [2.24, 2.45) is 10.2 Å². The van der Waals surface area contributed by atoms with Gasteiger partial charge in [-0.2, -0.15) is 5.11 Å². The molecule has 0 aromatic heterocycles. The molecule has 142 valence electrons. The molecule has 0 radical (unpaired) electrons. The number of azo groups is 1. The van der Waals surface area contributed by atoms with Crippen molar-refractivity contribution in [1.29, 1.82) is 0 Å². The first kappa shape index (κ1) is 19.9. The Bertz CT molecular complexity index is 832. The van der Waals surface area contributed by atoms with E-state index >= 15 is 0 Å². The minimum Gasteiger partial charge on any atom is -0.478 e. The largest absolute Gasteiger partial charge is 0.478 e. The van der Waals surface area contributed by atoms with E-state index in [1.807, 2.05) is 0 Å². The molecule has 0 unspecified atom stereocenters. The van der Waals surface area contributed by atoms with Crippen molar-refractivity contribution in [1.82, 2.24) is 0 Å². The lowest BCUT2D eigenvalue weighted by Gasteiger charge is -2.22. The molecule has 10 heteroatoms. The van der Waals surface area contributed by atoms with Crippen LogP contribution in [-0.4, -0.2) is 52.5 Å². The highest BCUT2D eigenvalue weighted by atomic mass is 16.6. The van der Waals surface area contributed by atoms with Crippen LogP contribution in [0.5, 0.6) is 0 Å². The normalized spacial score (nSPS) is 10.9. The molecular weight excluding hydrogens is 356 g/mol. The van der Waals surface area contributed by atoms with Gasteiger partial charge in [-0.05, 0) is 30.3 Å². The third kappa shape index (κ3) is 5.30. The van der Waals surface area contributed by atoms with Crippen LogP contribution in [0.15, 0.2) is 52.7 Å². The summed E-state index contributed by atoms with van der Waals surface area (Å²) < 4.78 is 0. The first-order valence-electron chi connectivity index (χ1n) is 7.96. The maximum Gasteiger partial charge on any atom is 0.338 e. The first-order chi connectivity index (χ1) is 13.0. The molecule has 0 saturated heterocycles. The summed E-state index contributed by atoms with van der Waals surface area (Å²) in [5.41, 5.74) is 0.560. The zero-order valence-corrected chi connectivity index (χ0v) is 14.2. The number of carbonyl (C=O) groups is 1. The van der Waals surface area contributed by atoms with Crippen LogP contribution in [0.25, 0.3) is 0 Å². The molecule has 0 saturated carbocycles. The monoisotopic (exact) mass is 374 g/mol. The molecule has 0 aliphatic rings. The number of non-ortho nitro benzene ring substituents is 1. The molecule has 0 heterocycles. The molecule has 0 fully saturated rings. The van der Waals surface area contributed by atoms with E-state index in [-0.39, 0.29) is 30.2 Å². The van der Waals surface area contributed by atoms with Gasteiger partial charge in [0, 0.05) is 30.9 Å². The van der Waals surface area contributed by atoms with Gasteiger partial charge in [0.25, 0.3) is 5.69 Å². The van der Waals surface area contributed by atoms with E-state index in [2.05, 4.69) is 10.2 Å². The Balaban J connectivity index is 2.23.